The monoisotopic (exact) mass is 313 g/mol. The van der Waals surface area contributed by atoms with Crippen molar-refractivity contribution in [2.24, 2.45) is 0 Å². The zero-order valence-corrected chi connectivity index (χ0v) is 13.8. The van der Waals surface area contributed by atoms with E-state index < -0.39 is 0 Å². The van der Waals surface area contributed by atoms with Crippen LogP contribution in [0.15, 0.2) is 46.7 Å². The maximum absolute atomic E-state index is 12.0. The molecule has 4 nitrogen and oxygen atoms in total. The number of nitrogens with one attached hydrogen (secondary N) is 1. The van der Waals surface area contributed by atoms with Crippen LogP contribution in [-0.4, -0.2) is 9.38 Å². The quantitative estimate of drug-likeness (QED) is 0.802. The third kappa shape index (κ3) is 2.90. The molecule has 3 aromatic rings. The normalized spacial score (nSPS) is 11.8. The summed E-state index contributed by atoms with van der Waals surface area (Å²) in [6.07, 6.45) is 1.75. The first-order chi connectivity index (χ1) is 10.4. The van der Waals surface area contributed by atoms with Gasteiger partial charge in [-0.05, 0) is 17.0 Å². The van der Waals surface area contributed by atoms with E-state index in [2.05, 4.69) is 43.2 Å². The van der Waals surface area contributed by atoms with Gasteiger partial charge in [0.05, 0.1) is 12.2 Å². The van der Waals surface area contributed by atoms with Crippen molar-refractivity contribution in [1.29, 1.82) is 0 Å². The summed E-state index contributed by atoms with van der Waals surface area (Å²) in [6.45, 7) is 7.11. The lowest BCUT2D eigenvalue weighted by Gasteiger charge is -2.23. The van der Waals surface area contributed by atoms with E-state index >= 15 is 0 Å². The first kappa shape index (κ1) is 14.8. The van der Waals surface area contributed by atoms with E-state index in [0.717, 1.165) is 16.3 Å². The molecule has 2 aromatic heterocycles. The average molecular weight is 313 g/mol. The highest BCUT2D eigenvalue weighted by Gasteiger charge is 2.17. The van der Waals surface area contributed by atoms with E-state index in [1.54, 1.807) is 16.7 Å². The molecule has 0 radical (unpaired) electrons. The Morgan fingerprint density at radius 1 is 1.27 bits per heavy atom. The molecular formula is C17H19N3OS. The van der Waals surface area contributed by atoms with Gasteiger partial charge in [-0.2, -0.15) is 0 Å². The molecular weight excluding hydrogens is 294 g/mol. The standard InChI is InChI=1S/C17H19N3OS/c1-17(2,3)13-6-4-5-7-14(13)18-11-12-10-15(21)20-8-9-22-16(20)19-12/h4-10,18H,11H2,1-3H3. The van der Waals surface area contributed by atoms with Gasteiger partial charge in [0.1, 0.15) is 0 Å². The molecule has 0 saturated heterocycles. The predicted octanol–water partition coefficient (Wildman–Crippen LogP) is 3.67. The van der Waals surface area contributed by atoms with Crippen molar-refractivity contribution in [1.82, 2.24) is 9.38 Å². The molecule has 1 N–H and O–H groups in total. The first-order valence-electron chi connectivity index (χ1n) is 7.24. The molecule has 0 spiro atoms. The van der Waals surface area contributed by atoms with Crippen LogP contribution in [0.4, 0.5) is 5.69 Å². The topological polar surface area (TPSA) is 46.4 Å². The summed E-state index contributed by atoms with van der Waals surface area (Å²) in [4.78, 5) is 17.3. The lowest BCUT2D eigenvalue weighted by Crippen LogP contribution is -2.17. The Hall–Kier alpha value is -2.14. The largest absolute Gasteiger partial charge is 0.379 e. The molecule has 0 bridgehead atoms. The van der Waals surface area contributed by atoms with Crippen molar-refractivity contribution in [3.8, 4) is 0 Å². The summed E-state index contributed by atoms with van der Waals surface area (Å²) in [5, 5.41) is 5.29. The van der Waals surface area contributed by atoms with Gasteiger partial charge in [0.15, 0.2) is 4.96 Å². The van der Waals surface area contributed by atoms with Crippen LogP contribution >= 0.6 is 11.3 Å². The molecule has 0 saturated carbocycles. The Morgan fingerprint density at radius 2 is 2.05 bits per heavy atom. The van der Waals surface area contributed by atoms with Crippen LogP contribution in [0.25, 0.3) is 4.96 Å². The smallest absolute Gasteiger partial charge is 0.258 e. The van der Waals surface area contributed by atoms with Crippen LogP contribution in [0, 0.1) is 0 Å². The Labute approximate surface area is 133 Å². The Balaban J connectivity index is 1.87. The Morgan fingerprint density at radius 3 is 2.82 bits per heavy atom. The molecule has 5 heteroatoms. The second-order valence-corrected chi connectivity index (χ2v) is 7.16. The molecule has 22 heavy (non-hydrogen) atoms. The van der Waals surface area contributed by atoms with Crippen LogP contribution in [-0.2, 0) is 12.0 Å². The minimum Gasteiger partial charge on any atom is -0.379 e. The van der Waals surface area contributed by atoms with Crippen LogP contribution in [0.2, 0.25) is 0 Å². The fraction of sp³-hybridized carbons (Fsp3) is 0.294. The zero-order valence-electron chi connectivity index (χ0n) is 13.0. The van der Waals surface area contributed by atoms with Gasteiger partial charge in [-0.1, -0.05) is 39.0 Å². The predicted molar refractivity (Wildman–Crippen MR) is 91.8 cm³/mol. The van der Waals surface area contributed by atoms with E-state index in [0.29, 0.717) is 6.54 Å². The lowest BCUT2D eigenvalue weighted by molar-refractivity contribution is 0.591. The van der Waals surface area contributed by atoms with Gasteiger partial charge in [0.25, 0.3) is 5.56 Å². The first-order valence-corrected chi connectivity index (χ1v) is 8.12. The maximum Gasteiger partial charge on any atom is 0.258 e. The van der Waals surface area contributed by atoms with Crippen molar-refractivity contribution in [2.45, 2.75) is 32.7 Å². The zero-order chi connectivity index (χ0) is 15.7. The number of anilines is 1. The summed E-state index contributed by atoms with van der Waals surface area (Å²) in [6, 6.07) is 9.85. The molecule has 114 valence electrons. The summed E-state index contributed by atoms with van der Waals surface area (Å²) in [5.74, 6) is 0. The molecule has 0 aliphatic rings. The number of hydrogen-bond donors (Lipinski definition) is 1. The van der Waals surface area contributed by atoms with Crippen molar-refractivity contribution in [3.05, 3.63) is 63.5 Å². The van der Waals surface area contributed by atoms with E-state index in [-0.39, 0.29) is 11.0 Å². The van der Waals surface area contributed by atoms with Gasteiger partial charge in [-0.3, -0.25) is 9.20 Å². The van der Waals surface area contributed by atoms with E-state index in [9.17, 15) is 4.79 Å². The average Bonchev–Trinajstić information content (AvgIpc) is 2.93. The van der Waals surface area contributed by atoms with Gasteiger partial charge in [0.2, 0.25) is 0 Å². The highest BCUT2D eigenvalue weighted by atomic mass is 32.1. The van der Waals surface area contributed by atoms with Crippen molar-refractivity contribution in [2.75, 3.05) is 5.32 Å². The number of fused-ring (bicyclic) bond motifs is 1. The van der Waals surface area contributed by atoms with Crippen LogP contribution in [0.1, 0.15) is 32.0 Å². The van der Waals surface area contributed by atoms with Gasteiger partial charge < -0.3 is 5.32 Å². The number of hydrogen-bond acceptors (Lipinski definition) is 4. The molecule has 0 fully saturated rings. The van der Waals surface area contributed by atoms with E-state index in [4.69, 9.17) is 0 Å². The number of aromatic nitrogens is 2. The number of thiazole rings is 1. The van der Waals surface area contributed by atoms with Crippen molar-refractivity contribution >= 4 is 22.0 Å². The van der Waals surface area contributed by atoms with Gasteiger partial charge >= 0.3 is 0 Å². The van der Waals surface area contributed by atoms with Crippen LogP contribution in [0.5, 0.6) is 0 Å². The molecule has 2 heterocycles. The second-order valence-electron chi connectivity index (χ2n) is 6.29. The van der Waals surface area contributed by atoms with Crippen molar-refractivity contribution < 1.29 is 0 Å². The lowest BCUT2D eigenvalue weighted by atomic mass is 9.86. The number of benzene rings is 1. The Kier molecular flexibility index (Phi) is 3.74. The number of rotatable bonds is 3. The molecule has 0 amide bonds. The molecule has 0 atom stereocenters. The fourth-order valence-corrected chi connectivity index (χ4v) is 3.19. The van der Waals surface area contributed by atoms with Gasteiger partial charge in [0, 0.05) is 23.3 Å². The summed E-state index contributed by atoms with van der Waals surface area (Å²) < 4.78 is 1.57. The molecule has 0 aliphatic heterocycles. The molecule has 3 rings (SSSR count). The highest BCUT2D eigenvalue weighted by molar-refractivity contribution is 7.15. The summed E-state index contributed by atoms with van der Waals surface area (Å²) >= 11 is 1.47. The minimum atomic E-state index is -0.0350. The SMILES string of the molecule is CC(C)(C)c1ccccc1NCc1cc(=O)n2ccsc2n1. The maximum atomic E-state index is 12.0. The van der Waals surface area contributed by atoms with E-state index in [1.807, 2.05) is 17.5 Å². The molecule has 0 aliphatic carbocycles. The third-order valence-electron chi connectivity index (χ3n) is 3.55. The number of para-hydroxylation sites is 1. The second kappa shape index (κ2) is 5.57. The van der Waals surface area contributed by atoms with Crippen molar-refractivity contribution in [3.63, 3.8) is 0 Å². The third-order valence-corrected chi connectivity index (χ3v) is 4.31. The fourth-order valence-electron chi connectivity index (χ4n) is 2.46. The summed E-state index contributed by atoms with van der Waals surface area (Å²) in [5.41, 5.74) is 3.13. The van der Waals surface area contributed by atoms with Crippen LogP contribution < -0.4 is 10.9 Å². The molecule has 0 unspecified atom stereocenters. The minimum absolute atomic E-state index is 0.0350. The summed E-state index contributed by atoms with van der Waals surface area (Å²) in [7, 11) is 0. The van der Waals surface area contributed by atoms with Gasteiger partial charge in [-0.15, -0.1) is 11.3 Å². The number of nitrogens with zero attached hydrogens (tertiary/aromatic N) is 2. The van der Waals surface area contributed by atoms with Crippen LogP contribution in [0.3, 0.4) is 0 Å². The van der Waals surface area contributed by atoms with Gasteiger partial charge in [-0.25, -0.2) is 4.98 Å². The van der Waals surface area contributed by atoms with E-state index in [1.165, 1.54) is 16.9 Å². The molecule has 1 aromatic carbocycles. The highest BCUT2D eigenvalue weighted by Crippen LogP contribution is 2.29. The Bertz CT molecular complexity index is 858.